The Hall–Kier alpha value is -1.79. The van der Waals surface area contributed by atoms with E-state index in [1.54, 1.807) is 32.7 Å². The van der Waals surface area contributed by atoms with Gasteiger partial charge in [0, 0.05) is 31.1 Å². The first-order chi connectivity index (χ1) is 10.3. The van der Waals surface area contributed by atoms with E-state index >= 15 is 0 Å². The average Bonchev–Trinajstić information content (AvgIpc) is 3.03. The van der Waals surface area contributed by atoms with Crippen molar-refractivity contribution in [2.45, 2.75) is 13.0 Å². The number of aromatic nitrogens is 1. The molecule has 0 radical (unpaired) electrons. The molecule has 0 bridgehead atoms. The summed E-state index contributed by atoms with van der Waals surface area (Å²) in [6.45, 7) is 1.62. The number of rotatable bonds is 8. The second-order valence-corrected chi connectivity index (χ2v) is 5.37. The first-order valence-electron chi connectivity index (χ1n) is 6.66. The van der Waals surface area contributed by atoms with E-state index in [9.17, 15) is 0 Å². The second-order valence-electron chi connectivity index (χ2n) is 4.39. The molecule has 0 fully saturated rings. The minimum absolute atomic E-state index is 0.617. The van der Waals surface area contributed by atoms with E-state index in [2.05, 4.69) is 10.3 Å². The number of benzene rings is 1. The maximum absolute atomic E-state index is 5.34. The SMILES string of the molecule is COc1cc(CNCCc2nccs2)cc(OC)c1OC. The van der Waals surface area contributed by atoms with Gasteiger partial charge < -0.3 is 19.5 Å². The molecule has 5 nitrogen and oxygen atoms in total. The quantitative estimate of drug-likeness (QED) is 0.759. The fourth-order valence-corrected chi connectivity index (χ4v) is 2.66. The minimum atomic E-state index is 0.617. The van der Waals surface area contributed by atoms with Crippen molar-refractivity contribution in [2.24, 2.45) is 0 Å². The molecule has 21 heavy (non-hydrogen) atoms. The van der Waals surface area contributed by atoms with Crippen molar-refractivity contribution in [1.29, 1.82) is 0 Å². The number of hydrogen-bond donors (Lipinski definition) is 1. The van der Waals surface area contributed by atoms with Crippen molar-refractivity contribution in [3.8, 4) is 17.2 Å². The van der Waals surface area contributed by atoms with E-state index in [4.69, 9.17) is 14.2 Å². The fourth-order valence-electron chi connectivity index (χ4n) is 2.04. The Morgan fingerprint density at radius 2 is 1.81 bits per heavy atom. The van der Waals surface area contributed by atoms with Crippen molar-refractivity contribution in [3.05, 3.63) is 34.3 Å². The van der Waals surface area contributed by atoms with Crippen LogP contribution in [0.4, 0.5) is 0 Å². The van der Waals surface area contributed by atoms with Crippen LogP contribution in [0.2, 0.25) is 0 Å². The molecule has 0 amide bonds. The van der Waals surface area contributed by atoms with E-state index in [1.165, 1.54) is 0 Å². The van der Waals surface area contributed by atoms with Gasteiger partial charge >= 0.3 is 0 Å². The van der Waals surface area contributed by atoms with Gasteiger partial charge in [-0.1, -0.05) is 0 Å². The predicted octanol–water partition coefficient (Wildman–Crippen LogP) is 2.50. The number of nitrogens with one attached hydrogen (secondary N) is 1. The summed E-state index contributed by atoms with van der Waals surface area (Å²) in [6, 6.07) is 3.91. The lowest BCUT2D eigenvalue weighted by Crippen LogP contribution is -2.16. The van der Waals surface area contributed by atoms with Gasteiger partial charge in [0.2, 0.25) is 5.75 Å². The van der Waals surface area contributed by atoms with Crippen LogP contribution >= 0.6 is 11.3 Å². The highest BCUT2D eigenvalue weighted by molar-refractivity contribution is 7.09. The maximum Gasteiger partial charge on any atom is 0.203 e. The molecular weight excluding hydrogens is 288 g/mol. The summed E-state index contributed by atoms with van der Waals surface area (Å²) in [6.07, 6.45) is 2.77. The first kappa shape index (κ1) is 15.6. The Balaban J connectivity index is 1.96. The average molecular weight is 308 g/mol. The lowest BCUT2D eigenvalue weighted by atomic mass is 10.1. The van der Waals surface area contributed by atoms with Crippen molar-refractivity contribution >= 4 is 11.3 Å². The summed E-state index contributed by atoms with van der Waals surface area (Å²) < 4.78 is 16.0. The Bertz CT molecular complexity index is 533. The van der Waals surface area contributed by atoms with E-state index in [0.717, 1.165) is 30.1 Å². The minimum Gasteiger partial charge on any atom is -0.493 e. The van der Waals surface area contributed by atoms with Gasteiger partial charge in [-0.25, -0.2) is 4.98 Å². The summed E-state index contributed by atoms with van der Waals surface area (Å²) >= 11 is 1.68. The lowest BCUT2D eigenvalue weighted by Gasteiger charge is -2.14. The molecule has 114 valence electrons. The zero-order valence-corrected chi connectivity index (χ0v) is 13.3. The van der Waals surface area contributed by atoms with Gasteiger partial charge in [-0.05, 0) is 17.7 Å². The summed E-state index contributed by atoms with van der Waals surface area (Å²) in [5.41, 5.74) is 1.09. The van der Waals surface area contributed by atoms with Crippen molar-refractivity contribution in [1.82, 2.24) is 10.3 Å². The molecule has 0 aliphatic carbocycles. The molecular formula is C15H20N2O3S. The highest BCUT2D eigenvalue weighted by Crippen LogP contribution is 2.38. The van der Waals surface area contributed by atoms with Gasteiger partial charge in [-0.3, -0.25) is 0 Å². The molecule has 1 heterocycles. The summed E-state index contributed by atoms with van der Waals surface area (Å²) in [4.78, 5) is 4.26. The van der Waals surface area contributed by atoms with Gasteiger partial charge in [0.25, 0.3) is 0 Å². The van der Waals surface area contributed by atoms with Gasteiger partial charge in [-0.15, -0.1) is 11.3 Å². The lowest BCUT2D eigenvalue weighted by molar-refractivity contribution is 0.323. The van der Waals surface area contributed by atoms with Crippen molar-refractivity contribution in [2.75, 3.05) is 27.9 Å². The van der Waals surface area contributed by atoms with Gasteiger partial charge in [-0.2, -0.15) is 0 Å². The third-order valence-corrected chi connectivity index (χ3v) is 3.89. The van der Waals surface area contributed by atoms with Crippen LogP contribution in [0.3, 0.4) is 0 Å². The normalized spacial score (nSPS) is 10.4. The molecule has 2 aromatic rings. The summed E-state index contributed by atoms with van der Waals surface area (Å²) in [5.74, 6) is 1.97. The van der Waals surface area contributed by atoms with Gasteiger partial charge in [0.05, 0.1) is 26.3 Å². The number of ether oxygens (including phenoxy) is 3. The Kier molecular flexibility index (Phi) is 5.83. The summed E-state index contributed by atoms with van der Waals surface area (Å²) in [5, 5.41) is 6.54. The molecule has 2 rings (SSSR count). The van der Waals surface area contributed by atoms with Crippen LogP contribution < -0.4 is 19.5 Å². The first-order valence-corrected chi connectivity index (χ1v) is 7.54. The molecule has 1 N–H and O–H groups in total. The zero-order chi connectivity index (χ0) is 15.1. The Labute approximate surface area is 128 Å². The number of hydrogen-bond acceptors (Lipinski definition) is 6. The van der Waals surface area contributed by atoms with Crippen LogP contribution in [-0.4, -0.2) is 32.9 Å². The monoisotopic (exact) mass is 308 g/mol. The molecule has 0 unspecified atom stereocenters. The number of nitrogens with zero attached hydrogens (tertiary/aromatic N) is 1. The highest BCUT2D eigenvalue weighted by Gasteiger charge is 2.12. The largest absolute Gasteiger partial charge is 0.493 e. The molecule has 0 saturated heterocycles. The fraction of sp³-hybridized carbons (Fsp3) is 0.400. The van der Waals surface area contributed by atoms with E-state index in [-0.39, 0.29) is 0 Å². The third-order valence-electron chi connectivity index (χ3n) is 3.05. The van der Waals surface area contributed by atoms with E-state index in [0.29, 0.717) is 17.2 Å². The number of thiazole rings is 1. The van der Waals surface area contributed by atoms with Gasteiger partial charge in [0.15, 0.2) is 11.5 Å². The van der Waals surface area contributed by atoms with Crippen LogP contribution in [0, 0.1) is 0 Å². The molecule has 0 saturated carbocycles. The van der Waals surface area contributed by atoms with Crippen molar-refractivity contribution < 1.29 is 14.2 Å². The molecule has 1 aromatic carbocycles. The van der Waals surface area contributed by atoms with E-state index in [1.807, 2.05) is 23.7 Å². The third kappa shape index (κ3) is 4.09. The Morgan fingerprint density at radius 3 is 2.33 bits per heavy atom. The molecule has 0 atom stereocenters. The van der Waals surface area contributed by atoms with Crippen LogP contribution in [0.15, 0.2) is 23.7 Å². The molecule has 0 aliphatic heterocycles. The molecule has 1 aromatic heterocycles. The summed E-state index contributed by atoms with van der Waals surface area (Å²) in [7, 11) is 4.85. The van der Waals surface area contributed by atoms with Crippen LogP contribution in [0.1, 0.15) is 10.6 Å². The maximum atomic E-state index is 5.34. The van der Waals surface area contributed by atoms with Crippen LogP contribution in [0.25, 0.3) is 0 Å². The van der Waals surface area contributed by atoms with Gasteiger partial charge in [0.1, 0.15) is 0 Å². The van der Waals surface area contributed by atoms with Crippen LogP contribution in [-0.2, 0) is 13.0 Å². The van der Waals surface area contributed by atoms with Crippen LogP contribution in [0.5, 0.6) is 17.2 Å². The predicted molar refractivity (Wildman–Crippen MR) is 83.6 cm³/mol. The van der Waals surface area contributed by atoms with Crippen molar-refractivity contribution in [3.63, 3.8) is 0 Å². The molecule has 0 aliphatic rings. The zero-order valence-electron chi connectivity index (χ0n) is 12.5. The topological polar surface area (TPSA) is 52.6 Å². The highest BCUT2D eigenvalue weighted by atomic mass is 32.1. The van der Waals surface area contributed by atoms with E-state index < -0.39 is 0 Å². The molecule has 6 heteroatoms. The Morgan fingerprint density at radius 1 is 1.10 bits per heavy atom. The standard InChI is InChI=1S/C15H20N2O3S/c1-18-12-8-11(9-13(19-2)15(12)20-3)10-16-5-4-14-17-6-7-21-14/h6-9,16H,4-5,10H2,1-3H3. The second kappa shape index (κ2) is 7.85. The smallest absolute Gasteiger partial charge is 0.203 e. The number of methoxy groups -OCH3 is 3. The molecule has 0 spiro atoms.